The number of allylic oxidation sites excluding steroid dienone is 1. The van der Waals surface area contributed by atoms with Crippen molar-refractivity contribution in [1.29, 1.82) is 0 Å². The van der Waals surface area contributed by atoms with Crippen LogP contribution >= 0.6 is 15.9 Å². The lowest BCUT2D eigenvalue weighted by Gasteiger charge is -1.81. The van der Waals surface area contributed by atoms with Gasteiger partial charge in [-0.3, -0.25) is 4.99 Å². The fourth-order valence-electron chi connectivity index (χ4n) is 0.323. The number of hydrogen-bond donors (Lipinski definition) is 0. The molecule has 1 unspecified atom stereocenters. The molecule has 1 rings (SSSR count). The molecular formula is C4H4BrN. The summed E-state index contributed by atoms with van der Waals surface area (Å²) in [6.45, 7) is 0. The van der Waals surface area contributed by atoms with Gasteiger partial charge >= 0.3 is 0 Å². The van der Waals surface area contributed by atoms with E-state index in [0.29, 0.717) is 0 Å². The average molecular weight is 146 g/mol. The van der Waals surface area contributed by atoms with Crippen LogP contribution in [0.5, 0.6) is 0 Å². The Kier molecular flexibility index (Phi) is 1.05. The Morgan fingerprint density at radius 1 is 1.67 bits per heavy atom. The molecule has 0 N–H and O–H groups in total. The summed E-state index contributed by atoms with van der Waals surface area (Å²) in [5.74, 6) is 0. The van der Waals surface area contributed by atoms with Gasteiger partial charge in [0, 0.05) is 6.21 Å². The summed E-state index contributed by atoms with van der Waals surface area (Å²) in [7, 11) is 0. The van der Waals surface area contributed by atoms with Crippen LogP contribution in [0.1, 0.15) is 0 Å². The summed E-state index contributed by atoms with van der Waals surface area (Å²) in [5, 5.41) is 0. The first-order chi connectivity index (χ1) is 2.89. The van der Waals surface area contributed by atoms with Gasteiger partial charge in [0.1, 0.15) is 4.95 Å². The van der Waals surface area contributed by atoms with Crippen LogP contribution < -0.4 is 0 Å². The van der Waals surface area contributed by atoms with E-state index in [0.717, 1.165) is 0 Å². The van der Waals surface area contributed by atoms with Crippen LogP contribution in [-0.4, -0.2) is 11.2 Å². The number of rotatable bonds is 0. The maximum Gasteiger partial charge on any atom is 0.123 e. The minimum absolute atomic E-state index is 0.248. The molecule has 6 heavy (non-hydrogen) atoms. The van der Waals surface area contributed by atoms with Gasteiger partial charge in [0.05, 0.1) is 0 Å². The smallest absolute Gasteiger partial charge is 0.123 e. The van der Waals surface area contributed by atoms with Gasteiger partial charge in [0.25, 0.3) is 0 Å². The van der Waals surface area contributed by atoms with E-state index in [1.54, 1.807) is 6.21 Å². The second-order valence-corrected chi connectivity index (χ2v) is 1.99. The molecule has 1 aliphatic heterocycles. The normalized spacial score (nSPS) is 29.2. The van der Waals surface area contributed by atoms with Gasteiger partial charge in [0.15, 0.2) is 0 Å². The highest BCUT2D eigenvalue weighted by atomic mass is 79.9. The monoisotopic (exact) mass is 145 g/mol. The summed E-state index contributed by atoms with van der Waals surface area (Å²) in [5.41, 5.74) is 0. The SMILES string of the molecule is BrC1C=CC=N1. The Labute approximate surface area is 44.9 Å². The number of halogens is 1. The maximum atomic E-state index is 3.92. The van der Waals surface area contributed by atoms with E-state index in [-0.39, 0.29) is 4.95 Å². The van der Waals surface area contributed by atoms with E-state index >= 15 is 0 Å². The van der Waals surface area contributed by atoms with E-state index in [2.05, 4.69) is 20.9 Å². The van der Waals surface area contributed by atoms with Crippen molar-refractivity contribution in [3.8, 4) is 0 Å². The van der Waals surface area contributed by atoms with E-state index in [1.807, 2.05) is 12.2 Å². The van der Waals surface area contributed by atoms with E-state index in [4.69, 9.17) is 0 Å². The Bertz CT molecular complexity index is 83.7. The van der Waals surface area contributed by atoms with Crippen molar-refractivity contribution in [2.75, 3.05) is 0 Å². The Morgan fingerprint density at radius 3 is 2.67 bits per heavy atom. The average Bonchev–Trinajstić information content (AvgIpc) is 1.86. The van der Waals surface area contributed by atoms with Crippen LogP contribution in [-0.2, 0) is 0 Å². The number of alkyl halides is 1. The van der Waals surface area contributed by atoms with Crippen LogP contribution in [0.2, 0.25) is 0 Å². The molecule has 2 heteroatoms. The van der Waals surface area contributed by atoms with Crippen molar-refractivity contribution < 1.29 is 0 Å². The predicted molar refractivity (Wildman–Crippen MR) is 30.3 cm³/mol. The number of aliphatic imine (C=N–C) groups is 1. The summed E-state index contributed by atoms with van der Waals surface area (Å²) in [4.78, 5) is 4.16. The largest absolute Gasteiger partial charge is 0.274 e. The second-order valence-electron chi connectivity index (χ2n) is 1.06. The molecule has 0 aromatic carbocycles. The minimum atomic E-state index is 0.248. The molecule has 0 radical (unpaired) electrons. The quantitative estimate of drug-likeness (QED) is 0.361. The summed E-state index contributed by atoms with van der Waals surface area (Å²) in [6, 6.07) is 0. The van der Waals surface area contributed by atoms with Crippen molar-refractivity contribution in [2.24, 2.45) is 4.99 Å². The van der Waals surface area contributed by atoms with Crippen LogP contribution in [0.3, 0.4) is 0 Å². The fraction of sp³-hybridized carbons (Fsp3) is 0.250. The molecule has 1 atom stereocenters. The molecule has 0 saturated heterocycles. The molecule has 0 aromatic rings. The summed E-state index contributed by atoms with van der Waals surface area (Å²) >= 11 is 3.25. The molecule has 0 fully saturated rings. The molecule has 0 aromatic heterocycles. The van der Waals surface area contributed by atoms with Gasteiger partial charge in [-0.25, -0.2) is 0 Å². The van der Waals surface area contributed by atoms with E-state index in [9.17, 15) is 0 Å². The van der Waals surface area contributed by atoms with Crippen molar-refractivity contribution >= 4 is 22.1 Å². The number of hydrogen-bond acceptors (Lipinski definition) is 1. The first-order valence-corrected chi connectivity index (χ1v) is 2.65. The standard InChI is InChI=1S/C4H4BrN/c5-4-2-1-3-6-4/h1-4H. The first-order valence-electron chi connectivity index (χ1n) is 1.73. The minimum Gasteiger partial charge on any atom is -0.274 e. The lowest BCUT2D eigenvalue weighted by molar-refractivity contribution is 1.22. The highest BCUT2D eigenvalue weighted by molar-refractivity contribution is 9.09. The van der Waals surface area contributed by atoms with Crippen molar-refractivity contribution in [3.63, 3.8) is 0 Å². The van der Waals surface area contributed by atoms with Gasteiger partial charge in [-0.1, -0.05) is 15.9 Å². The van der Waals surface area contributed by atoms with Crippen LogP contribution in [0.4, 0.5) is 0 Å². The zero-order valence-electron chi connectivity index (χ0n) is 3.13. The topological polar surface area (TPSA) is 12.4 Å². The fourth-order valence-corrected chi connectivity index (χ4v) is 0.636. The zero-order valence-corrected chi connectivity index (χ0v) is 4.72. The highest BCUT2D eigenvalue weighted by Gasteiger charge is 1.93. The van der Waals surface area contributed by atoms with E-state index < -0.39 is 0 Å². The summed E-state index contributed by atoms with van der Waals surface area (Å²) < 4.78 is 0. The third kappa shape index (κ3) is 0.684. The van der Waals surface area contributed by atoms with Gasteiger partial charge in [-0.05, 0) is 12.2 Å². The lowest BCUT2D eigenvalue weighted by Crippen LogP contribution is -1.75. The first kappa shape index (κ1) is 4.06. The molecule has 1 aliphatic rings. The van der Waals surface area contributed by atoms with Crippen molar-refractivity contribution in [2.45, 2.75) is 4.95 Å². The molecule has 0 spiro atoms. The Balaban J connectivity index is 2.60. The summed E-state index contributed by atoms with van der Waals surface area (Å²) in [6.07, 6.45) is 5.67. The Morgan fingerprint density at radius 2 is 2.50 bits per heavy atom. The van der Waals surface area contributed by atoms with Gasteiger partial charge in [-0.2, -0.15) is 0 Å². The third-order valence-corrected chi connectivity index (χ3v) is 1.13. The molecule has 0 saturated carbocycles. The van der Waals surface area contributed by atoms with Crippen LogP contribution in [0.25, 0.3) is 0 Å². The third-order valence-electron chi connectivity index (χ3n) is 0.584. The number of nitrogens with zero attached hydrogens (tertiary/aromatic N) is 1. The van der Waals surface area contributed by atoms with Crippen molar-refractivity contribution in [1.82, 2.24) is 0 Å². The van der Waals surface area contributed by atoms with E-state index in [1.165, 1.54) is 0 Å². The maximum absolute atomic E-state index is 3.92. The van der Waals surface area contributed by atoms with Gasteiger partial charge in [-0.15, -0.1) is 0 Å². The molecule has 0 bridgehead atoms. The van der Waals surface area contributed by atoms with Gasteiger partial charge in [0.2, 0.25) is 0 Å². The second kappa shape index (κ2) is 1.56. The van der Waals surface area contributed by atoms with Gasteiger partial charge < -0.3 is 0 Å². The zero-order chi connectivity index (χ0) is 4.41. The van der Waals surface area contributed by atoms with Crippen LogP contribution in [0.15, 0.2) is 17.1 Å². The molecule has 0 amide bonds. The molecule has 1 nitrogen and oxygen atoms in total. The molecule has 32 valence electrons. The Hall–Kier alpha value is -0.110. The van der Waals surface area contributed by atoms with Crippen molar-refractivity contribution in [3.05, 3.63) is 12.2 Å². The molecule has 1 heterocycles. The highest BCUT2D eigenvalue weighted by Crippen LogP contribution is 2.05. The predicted octanol–water partition coefficient (Wildman–Crippen LogP) is 1.35. The van der Waals surface area contributed by atoms with Crippen LogP contribution in [0, 0.1) is 0 Å². The molecule has 0 aliphatic carbocycles. The lowest BCUT2D eigenvalue weighted by atomic mass is 10.6. The molecular weight excluding hydrogens is 142 g/mol.